The number of carbonyl (C=O) groups is 1. The molecule has 0 saturated carbocycles. The highest BCUT2D eigenvalue weighted by Crippen LogP contribution is 2.26. The van der Waals surface area contributed by atoms with Gasteiger partial charge < -0.3 is 10.6 Å². The Labute approximate surface area is 186 Å². The molecule has 2 N–H and O–H groups in total. The molecule has 0 saturated heterocycles. The van der Waals surface area contributed by atoms with E-state index in [1.807, 2.05) is 42.5 Å². The van der Waals surface area contributed by atoms with Crippen molar-refractivity contribution in [2.24, 2.45) is 0 Å². The lowest BCUT2D eigenvalue weighted by Crippen LogP contribution is -2.22. The Morgan fingerprint density at radius 3 is 2.47 bits per heavy atom. The Kier molecular flexibility index (Phi) is 6.82. The minimum Gasteiger partial charge on any atom is -0.384 e. The number of halogens is 1. The van der Waals surface area contributed by atoms with Gasteiger partial charge in [-0.15, -0.1) is 0 Å². The molecule has 4 rings (SSSR count). The highest BCUT2D eigenvalue weighted by atomic mass is 19.1. The minimum atomic E-state index is -0.229. The number of nitrogens with zero attached hydrogens (tertiary/aromatic N) is 2. The van der Waals surface area contributed by atoms with Gasteiger partial charge in [0.15, 0.2) is 0 Å². The second kappa shape index (κ2) is 10.3. The van der Waals surface area contributed by atoms with Crippen LogP contribution in [0.5, 0.6) is 0 Å². The second-order valence-corrected chi connectivity index (χ2v) is 7.32. The minimum absolute atomic E-state index is 0.182. The summed E-state index contributed by atoms with van der Waals surface area (Å²) in [5.41, 5.74) is 5.19. The number of hydrogen-bond acceptors (Lipinski definition) is 4. The van der Waals surface area contributed by atoms with E-state index in [-0.39, 0.29) is 11.7 Å². The van der Waals surface area contributed by atoms with Crippen molar-refractivity contribution in [3.63, 3.8) is 0 Å². The molecule has 0 aliphatic heterocycles. The first-order valence-electron chi connectivity index (χ1n) is 10.4. The van der Waals surface area contributed by atoms with Crippen LogP contribution >= 0.6 is 0 Å². The third-order valence-corrected chi connectivity index (χ3v) is 5.05. The molecule has 0 bridgehead atoms. The predicted molar refractivity (Wildman–Crippen MR) is 124 cm³/mol. The van der Waals surface area contributed by atoms with Crippen molar-refractivity contribution in [3.05, 3.63) is 114 Å². The van der Waals surface area contributed by atoms with Gasteiger partial charge in [-0.3, -0.25) is 14.8 Å². The number of carbonyl (C=O) groups excluding carboxylic acids is 1. The highest BCUT2D eigenvalue weighted by Gasteiger charge is 2.09. The fourth-order valence-corrected chi connectivity index (χ4v) is 3.33. The molecule has 160 valence electrons. The zero-order valence-corrected chi connectivity index (χ0v) is 17.5. The monoisotopic (exact) mass is 426 g/mol. The average molecular weight is 426 g/mol. The Balaban J connectivity index is 1.39. The third-order valence-electron chi connectivity index (χ3n) is 5.05. The van der Waals surface area contributed by atoms with Gasteiger partial charge in [-0.05, 0) is 53.9 Å². The molecular formula is C26H23FN4O. The summed E-state index contributed by atoms with van der Waals surface area (Å²) in [6.45, 7) is 1.12. The Morgan fingerprint density at radius 2 is 1.72 bits per heavy atom. The lowest BCUT2D eigenvalue weighted by Gasteiger charge is -2.12. The van der Waals surface area contributed by atoms with Crippen LogP contribution in [0, 0.1) is 5.82 Å². The van der Waals surface area contributed by atoms with Crippen molar-refractivity contribution in [1.82, 2.24) is 15.3 Å². The molecule has 2 heterocycles. The maximum Gasteiger partial charge on any atom is 0.253 e. The normalized spacial score (nSPS) is 10.5. The number of anilines is 1. The molecule has 0 atom stereocenters. The van der Waals surface area contributed by atoms with Gasteiger partial charge in [0.1, 0.15) is 5.82 Å². The summed E-state index contributed by atoms with van der Waals surface area (Å²) in [7, 11) is 0. The number of rotatable bonds is 8. The molecule has 4 aromatic rings. The Morgan fingerprint density at radius 1 is 0.875 bits per heavy atom. The molecule has 0 radical (unpaired) electrons. The van der Waals surface area contributed by atoms with Crippen LogP contribution < -0.4 is 10.6 Å². The van der Waals surface area contributed by atoms with E-state index in [1.165, 1.54) is 12.1 Å². The van der Waals surface area contributed by atoms with E-state index in [2.05, 4.69) is 20.6 Å². The standard InChI is InChI=1S/C26H23FN4O/c27-22-10-7-19(8-11-22)13-15-29-24-6-2-1-5-23(24)25-12-9-21(18-30-25)26(32)31-17-20-4-3-14-28-16-20/h1-12,14,16,18,29H,13,15,17H2,(H,31,32). The van der Waals surface area contributed by atoms with Crippen molar-refractivity contribution in [2.75, 3.05) is 11.9 Å². The largest absolute Gasteiger partial charge is 0.384 e. The summed E-state index contributed by atoms with van der Waals surface area (Å²) in [4.78, 5) is 21.0. The number of pyridine rings is 2. The summed E-state index contributed by atoms with van der Waals surface area (Å²) >= 11 is 0. The maximum absolute atomic E-state index is 13.1. The van der Waals surface area contributed by atoms with Gasteiger partial charge in [-0.1, -0.05) is 36.4 Å². The van der Waals surface area contributed by atoms with Gasteiger partial charge >= 0.3 is 0 Å². The molecule has 6 heteroatoms. The lowest BCUT2D eigenvalue weighted by atomic mass is 10.1. The van der Waals surface area contributed by atoms with Gasteiger partial charge in [-0.25, -0.2) is 4.39 Å². The molecule has 0 unspecified atom stereocenters. The molecule has 0 spiro atoms. The number of hydrogen-bond donors (Lipinski definition) is 2. The first-order valence-corrected chi connectivity index (χ1v) is 10.4. The summed E-state index contributed by atoms with van der Waals surface area (Å²) in [6.07, 6.45) is 5.78. The molecule has 5 nitrogen and oxygen atoms in total. The second-order valence-electron chi connectivity index (χ2n) is 7.32. The van der Waals surface area contributed by atoms with Crippen LogP contribution in [-0.2, 0) is 13.0 Å². The van der Waals surface area contributed by atoms with E-state index in [0.717, 1.165) is 34.5 Å². The SMILES string of the molecule is O=C(NCc1cccnc1)c1ccc(-c2ccccc2NCCc2ccc(F)cc2)nc1. The van der Waals surface area contributed by atoms with Crippen molar-refractivity contribution in [3.8, 4) is 11.3 Å². The zero-order chi connectivity index (χ0) is 22.2. The van der Waals surface area contributed by atoms with Gasteiger partial charge in [0.25, 0.3) is 5.91 Å². The van der Waals surface area contributed by atoms with Crippen LogP contribution in [0.2, 0.25) is 0 Å². The van der Waals surface area contributed by atoms with Crippen LogP contribution in [0.3, 0.4) is 0 Å². The van der Waals surface area contributed by atoms with E-state index in [1.54, 1.807) is 36.8 Å². The third kappa shape index (κ3) is 5.55. The van der Waals surface area contributed by atoms with Crippen molar-refractivity contribution in [2.45, 2.75) is 13.0 Å². The quantitative estimate of drug-likeness (QED) is 0.422. The predicted octanol–water partition coefficient (Wildman–Crippen LogP) is 4.87. The molecule has 1 amide bonds. The summed E-state index contributed by atoms with van der Waals surface area (Å²) in [5, 5.41) is 6.31. The summed E-state index contributed by atoms with van der Waals surface area (Å²) in [6, 6.07) is 21.8. The number of amides is 1. The van der Waals surface area contributed by atoms with Gasteiger partial charge in [-0.2, -0.15) is 0 Å². The first-order chi connectivity index (χ1) is 15.7. The maximum atomic E-state index is 13.1. The molecule has 0 aliphatic carbocycles. The van der Waals surface area contributed by atoms with E-state index >= 15 is 0 Å². The Hall–Kier alpha value is -4.06. The van der Waals surface area contributed by atoms with Crippen molar-refractivity contribution >= 4 is 11.6 Å². The van der Waals surface area contributed by atoms with E-state index < -0.39 is 0 Å². The van der Waals surface area contributed by atoms with Crippen molar-refractivity contribution in [1.29, 1.82) is 0 Å². The van der Waals surface area contributed by atoms with Crippen LogP contribution in [0.15, 0.2) is 91.4 Å². The number of para-hydroxylation sites is 1. The molecule has 2 aromatic heterocycles. The van der Waals surface area contributed by atoms with Gasteiger partial charge in [0.05, 0.1) is 11.3 Å². The average Bonchev–Trinajstić information content (AvgIpc) is 2.85. The fourth-order valence-electron chi connectivity index (χ4n) is 3.33. The summed E-state index contributed by atoms with van der Waals surface area (Å²) < 4.78 is 13.1. The first kappa shape index (κ1) is 21.2. The van der Waals surface area contributed by atoms with Crippen LogP contribution in [0.1, 0.15) is 21.5 Å². The molecule has 0 aliphatic rings. The highest BCUT2D eigenvalue weighted by molar-refractivity contribution is 5.94. The van der Waals surface area contributed by atoms with Crippen LogP contribution in [-0.4, -0.2) is 22.4 Å². The molecule has 2 aromatic carbocycles. The van der Waals surface area contributed by atoms with Crippen LogP contribution in [0.4, 0.5) is 10.1 Å². The molecule has 32 heavy (non-hydrogen) atoms. The Bertz CT molecular complexity index is 1160. The topological polar surface area (TPSA) is 66.9 Å². The van der Waals surface area contributed by atoms with Crippen molar-refractivity contribution < 1.29 is 9.18 Å². The van der Waals surface area contributed by atoms with Gasteiger partial charge in [0.2, 0.25) is 0 Å². The van der Waals surface area contributed by atoms with Crippen LogP contribution in [0.25, 0.3) is 11.3 Å². The molecule has 0 fully saturated rings. The smallest absolute Gasteiger partial charge is 0.253 e. The molecular weight excluding hydrogens is 403 g/mol. The summed E-state index contributed by atoms with van der Waals surface area (Å²) in [5.74, 6) is -0.411. The fraction of sp³-hybridized carbons (Fsp3) is 0.115. The zero-order valence-electron chi connectivity index (χ0n) is 17.5. The number of aromatic nitrogens is 2. The van der Waals surface area contributed by atoms with Gasteiger partial charge in [0, 0.05) is 42.9 Å². The van der Waals surface area contributed by atoms with E-state index in [9.17, 15) is 9.18 Å². The number of nitrogens with one attached hydrogen (secondary N) is 2. The number of benzene rings is 2. The lowest BCUT2D eigenvalue weighted by molar-refractivity contribution is 0.0950. The van der Waals surface area contributed by atoms with E-state index in [4.69, 9.17) is 0 Å². The van der Waals surface area contributed by atoms with E-state index in [0.29, 0.717) is 18.7 Å².